The summed E-state index contributed by atoms with van der Waals surface area (Å²) < 4.78 is 0. The molecule has 1 aromatic rings. The zero-order valence-corrected chi connectivity index (χ0v) is 18.6. The smallest absolute Gasteiger partial charge is 0.191 e. The quantitative estimate of drug-likeness (QED) is 0.390. The minimum Gasteiger partial charge on any atom is -0.356 e. The number of aromatic nitrogens is 1. The van der Waals surface area contributed by atoms with Crippen LogP contribution in [0.4, 0.5) is 0 Å². The van der Waals surface area contributed by atoms with Crippen LogP contribution in [-0.2, 0) is 6.42 Å². The molecule has 0 spiro atoms. The van der Waals surface area contributed by atoms with E-state index in [1.165, 1.54) is 9.88 Å². The van der Waals surface area contributed by atoms with E-state index >= 15 is 0 Å². The summed E-state index contributed by atoms with van der Waals surface area (Å²) in [6.07, 6.45) is 0.937. The van der Waals surface area contributed by atoms with E-state index in [9.17, 15) is 0 Å². The normalized spacial score (nSPS) is 19.9. The third kappa shape index (κ3) is 6.45. The van der Waals surface area contributed by atoms with Gasteiger partial charge in [0.15, 0.2) is 5.96 Å². The van der Waals surface area contributed by atoms with Gasteiger partial charge < -0.3 is 15.5 Å². The second-order valence-electron chi connectivity index (χ2n) is 6.28. The second-order valence-corrected chi connectivity index (χ2v) is 7.56. The highest BCUT2D eigenvalue weighted by Gasteiger charge is 2.21. The predicted octanol–water partition coefficient (Wildman–Crippen LogP) is 1.33. The molecule has 0 amide bonds. The Balaban J connectivity index is 0.00000288. The Morgan fingerprint density at radius 1 is 1.29 bits per heavy atom. The largest absolute Gasteiger partial charge is 0.356 e. The highest BCUT2D eigenvalue weighted by Crippen LogP contribution is 2.16. The number of rotatable bonds is 5. The molecule has 1 atom stereocenters. The lowest BCUT2D eigenvalue weighted by molar-refractivity contribution is 0.116. The van der Waals surface area contributed by atoms with Crippen molar-refractivity contribution in [1.82, 2.24) is 25.4 Å². The molecule has 1 aromatic heterocycles. The first-order valence-electron chi connectivity index (χ1n) is 8.25. The maximum absolute atomic E-state index is 4.58. The molecule has 0 saturated carbocycles. The number of hydrogen-bond donors (Lipinski definition) is 2. The summed E-state index contributed by atoms with van der Waals surface area (Å²) >= 11 is 1.79. The number of aliphatic imine (C=N–C) groups is 1. The molecule has 1 unspecified atom stereocenters. The average molecular weight is 466 g/mol. The fourth-order valence-electron chi connectivity index (χ4n) is 2.69. The number of thiazole rings is 1. The zero-order chi connectivity index (χ0) is 16.8. The molecule has 1 fully saturated rings. The van der Waals surface area contributed by atoms with Crippen LogP contribution >= 0.6 is 35.3 Å². The fourth-order valence-corrected chi connectivity index (χ4v) is 3.62. The van der Waals surface area contributed by atoms with Crippen LogP contribution < -0.4 is 10.6 Å². The van der Waals surface area contributed by atoms with Gasteiger partial charge in [-0.3, -0.25) is 9.89 Å². The summed E-state index contributed by atoms with van der Waals surface area (Å²) in [5.41, 5.74) is 1.15. The molecule has 0 bridgehead atoms. The van der Waals surface area contributed by atoms with E-state index in [-0.39, 0.29) is 24.0 Å². The van der Waals surface area contributed by atoms with Crippen molar-refractivity contribution in [2.75, 3.05) is 53.9 Å². The van der Waals surface area contributed by atoms with Crippen LogP contribution in [0.3, 0.4) is 0 Å². The number of hydrogen-bond acceptors (Lipinski definition) is 5. The van der Waals surface area contributed by atoms with E-state index in [0.717, 1.165) is 50.8 Å². The van der Waals surface area contributed by atoms with Crippen LogP contribution in [0.2, 0.25) is 0 Å². The Kier molecular flexibility index (Phi) is 9.47. The molecule has 6 nitrogen and oxygen atoms in total. The van der Waals surface area contributed by atoms with Gasteiger partial charge in [0.25, 0.3) is 0 Å². The molecule has 1 saturated heterocycles. The summed E-state index contributed by atoms with van der Waals surface area (Å²) in [5.74, 6) is 0.872. The number of nitrogens with zero attached hydrogens (tertiary/aromatic N) is 4. The molecule has 1 aliphatic heterocycles. The van der Waals surface area contributed by atoms with Crippen LogP contribution in [0, 0.1) is 13.8 Å². The first-order chi connectivity index (χ1) is 11.0. The maximum atomic E-state index is 4.58. The van der Waals surface area contributed by atoms with Gasteiger partial charge in [0, 0.05) is 57.1 Å². The van der Waals surface area contributed by atoms with E-state index in [2.05, 4.69) is 58.4 Å². The number of piperazine rings is 1. The monoisotopic (exact) mass is 466 g/mol. The maximum Gasteiger partial charge on any atom is 0.191 e. The van der Waals surface area contributed by atoms with Crippen LogP contribution in [0.15, 0.2) is 4.99 Å². The molecule has 2 heterocycles. The van der Waals surface area contributed by atoms with Crippen LogP contribution in [0.25, 0.3) is 0 Å². The molecule has 8 heteroatoms. The van der Waals surface area contributed by atoms with Crippen LogP contribution in [0.5, 0.6) is 0 Å². The van der Waals surface area contributed by atoms with E-state index < -0.39 is 0 Å². The Morgan fingerprint density at radius 3 is 2.67 bits per heavy atom. The number of guanidine groups is 1. The van der Waals surface area contributed by atoms with Crippen molar-refractivity contribution in [2.24, 2.45) is 4.99 Å². The SMILES string of the molecule is CN=C(NCCc1nc(C)c(C)s1)NCC1CN(C)CCN1C.I. The molecular weight excluding hydrogens is 435 g/mol. The van der Waals surface area contributed by atoms with Gasteiger partial charge in [0.05, 0.1) is 10.7 Å². The molecule has 138 valence electrons. The fraction of sp³-hybridized carbons (Fsp3) is 0.750. The van der Waals surface area contributed by atoms with Gasteiger partial charge in [-0.1, -0.05) is 0 Å². The van der Waals surface area contributed by atoms with Crippen molar-refractivity contribution in [3.63, 3.8) is 0 Å². The molecular formula is C16H31IN6S. The Labute approximate surface area is 167 Å². The lowest BCUT2D eigenvalue weighted by Crippen LogP contribution is -2.55. The summed E-state index contributed by atoms with van der Waals surface area (Å²) in [6.45, 7) is 9.33. The molecule has 0 aliphatic carbocycles. The van der Waals surface area contributed by atoms with Gasteiger partial charge in [0.1, 0.15) is 0 Å². The first kappa shape index (κ1) is 21.6. The van der Waals surface area contributed by atoms with Crippen molar-refractivity contribution in [2.45, 2.75) is 26.3 Å². The Bertz CT molecular complexity index is 513. The van der Waals surface area contributed by atoms with E-state index in [4.69, 9.17) is 0 Å². The summed E-state index contributed by atoms with van der Waals surface area (Å²) in [5, 5.41) is 8.02. The Morgan fingerprint density at radius 2 is 2.04 bits per heavy atom. The third-order valence-corrected chi connectivity index (χ3v) is 5.55. The first-order valence-corrected chi connectivity index (χ1v) is 9.07. The molecule has 24 heavy (non-hydrogen) atoms. The van der Waals surface area contributed by atoms with Gasteiger partial charge in [0.2, 0.25) is 0 Å². The van der Waals surface area contributed by atoms with E-state index in [0.29, 0.717) is 6.04 Å². The Hall–Kier alpha value is -0.450. The molecule has 1 aliphatic rings. The number of halogens is 1. The van der Waals surface area contributed by atoms with Crippen LogP contribution in [0.1, 0.15) is 15.6 Å². The van der Waals surface area contributed by atoms with Gasteiger partial charge in [-0.15, -0.1) is 35.3 Å². The van der Waals surface area contributed by atoms with Gasteiger partial charge in [-0.25, -0.2) is 4.98 Å². The van der Waals surface area contributed by atoms with Gasteiger partial charge >= 0.3 is 0 Å². The van der Waals surface area contributed by atoms with Crippen molar-refractivity contribution in [3.8, 4) is 0 Å². The predicted molar refractivity (Wildman–Crippen MR) is 114 cm³/mol. The standard InChI is InChI=1S/C16H30N6S.HI/c1-12-13(2)23-15(20-12)6-7-18-16(17-3)19-10-14-11-21(4)8-9-22(14)5;/h14H,6-11H2,1-5H3,(H2,17,18,19);1H. The lowest BCUT2D eigenvalue weighted by atomic mass is 10.2. The number of likely N-dealkylation sites (N-methyl/N-ethyl adjacent to an activating group) is 2. The van der Waals surface area contributed by atoms with E-state index in [1.54, 1.807) is 11.3 Å². The number of aryl methyl sites for hydroxylation is 2. The minimum absolute atomic E-state index is 0. The summed E-state index contributed by atoms with van der Waals surface area (Å²) in [6, 6.07) is 0.525. The summed E-state index contributed by atoms with van der Waals surface area (Å²) in [4.78, 5) is 15.0. The van der Waals surface area contributed by atoms with Gasteiger partial charge in [-0.2, -0.15) is 0 Å². The van der Waals surface area contributed by atoms with Crippen molar-refractivity contribution >= 4 is 41.3 Å². The highest BCUT2D eigenvalue weighted by atomic mass is 127. The number of nitrogens with one attached hydrogen (secondary N) is 2. The second kappa shape index (κ2) is 10.5. The van der Waals surface area contributed by atoms with Crippen LogP contribution in [-0.4, -0.2) is 80.7 Å². The molecule has 2 rings (SSSR count). The summed E-state index contributed by atoms with van der Waals surface area (Å²) in [7, 11) is 6.21. The minimum atomic E-state index is 0. The average Bonchev–Trinajstić information content (AvgIpc) is 2.84. The van der Waals surface area contributed by atoms with E-state index in [1.807, 2.05) is 7.05 Å². The van der Waals surface area contributed by atoms with Gasteiger partial charge in [-0.05, 0) is 27.9 Å². The molecule has 2 N–H and O–H groups in total. The molecule has 0 radical (unpaired) electrons. The third-order valence-electron chi connectivity index (χ3n) is 4.41. The zero-order valence-electron chi connectivity index (χ0n) is 15.4. The van der Waals surface area contributed by atoms with Crippen molar-refractivity contribution < 1.29 is 0 Å². The van der Waals surface area contributed by atoms with Crippen molar-refractivity contribution in [1.29, 1.82) is 0 Å². The topological polar surface area (TPSA) is 55.8 Å². The van der Waals surface area contributed by atoms with Crippen molar-refractivity contribution in [3.05, 3.63) is 15.6 Å². The highest BCUT2D eigenvalue weighted by molar-refractivity contribution is 14.0. The lowest BCUT2D eigenvalue weighted by Gasteiger charge is -2.37. The molecule has 0 aromatic carbocycles.